The molecule has 359 valence electrons. The standard InChI is InChI=1S/2C30H41.C2H7Si.2ClH.Zr/c2*1-11-12-20-15-21-13-14-26(30(8,9)10)27(25(21)16-20)22-17-23(28(2,3)4)19-24(18-22)29(5,6)7;1-3-2;;;/h2*13-19H,11-12H2,1-10H3;3H,1-2H3;2*1H;/q;;;;;+2/p-2. The summed E-state index contributed by atoms with van der Waals surface area (Å²) in [5, 5.41) is 0. The number of hydrogen-bond donors (Lipinski definition) is 0. The molecule has 6 rings (SSSR count). The molecule has 2 aliphatic rings. The van der Waals surface area contributed by atoms with E-state index < -0.39 is 21.5 Å². The number of halogens is 2. The average molecular weight is 1020 g/mol. The van der Waals surface area contributed by atoms with E-state index in [0.717, 1.165) is 25.7 Å². The summed E-state index contributed by atoms with van der Waals surface area (Å²) in [7, 11) is 18.4. The van der Waals surface area contributed by atoms with Crippen LogP contribution in [0.4, 0.5) is 0 Å². The Labute approximate surface area is 414 Å². The number of allylic oxidation sites excluding steroid dienone is 2. The maximum absolute atomic E-state index is 9.21. The predicted molar refractivity (Wildman–Crippen MR) is 298 cm³/mol. The molecule has 0 spiro atoms. The Morgan fingerprint density at radius 1 is 0.439 bits per heavy atom. The Morgan fingerprint density at radius 3 is 0.955 bits per heavy atom. The Bertz CT molecular complexity index is 2340. The molecule has 2 aliphatic carbocycles. The Morgan fingerprint density at radius 2 is 0.727 bits per heavy atom. The Hall–Kier alpha value is -1.96. The molecule has 0 fully saturated rings. The van der Waals surface area contributed by atoms with E-state index in [9.17, 15) is 17.0 Å². The van der Waals surface area contributed by atoms with Gasteiger partial charge in [0.25, 0.3) is 0 Å². The molecule has 0 bridgehead atoms. The van der Waals surface area contributed by atoms with E-state index in [1.807, 2.05) is 0 Å². The molecule has 0 radical (unpaired) electrons. The van der Waals surface area contributed by atoms with Gasteiger partial charge in [0.15, 0.2) is 0 Å². The molecule has 2 atom stereocenters. The van der Waals surface area contributed by atoms with E-state index in [4.69, 9.17) is 0 Å². The van der Waals surface area contributed by atoms with Crippen LogP contribution in [0.25, 0.3) is 34.4 Å². The molecule has 0 amide bonds. The van der Waals surface area contributed by atoms with Crippen molar-refractivity contribution in [2.75, 3.05) is 0 Å². The number of rotatable bonds is 9. The van der Waals surface area contributed by atoms with Crippen LogP contribution in [-0.4, -0.2) is 5.92 Å². The molecule has 0 saturated carbocycles. The second-order valence-corrected chi connectivity index (χ2v) is 69.8. The van der Waals surface area contributed by atoms with Gasteiger partial charge in [0.05, 0.1) is 0 Å². The van der Waals surface area contributed by atoms with Gasteiger partial charge in [-0.25, -0.2) is 0 Å². The fourth-order valence-electron chi connectivity index (χ4n) is 11.3. The molecule has 4 aromatic rings. The number of hydrogen-bond acceptors (Lipinski definition) is 0. The Kier molecular flexibility index (Phi) is 14.3. The molecule has 66 heavy (non-hydrogen) atoms. The van der Waals surface area contributed by atoms with E-state index >= 15 is 0 Å². The molecule has 0 aliphatic heterocycles. The van der Waals surface area contributed by atoms with Crippen LogP contribution in [0.2, 0.25) is 13.1 Å². The average Bonchev–Trinajstić information content (AvgIpc) is 3.74. The summed E-state index contributed by atoms with van der Waals surface area (Å²) in [4.78, 5) is 0. The van der Waals surface area contributed by atoms with Crippen molar-refractivity contribution in [1.29, 1.82) is 0 Å². The first-order valence-corrected chi connectivity index (χ1v) is 41.9. The zero-order chi connectivity index (χ0) is 49.7. The molecule has 0 heterocycles. The topological polar surface area (TPSA) is 0 Å². The van der Waals surface area contributed by atoms with E-state index in [2.05, 4.69) is 224 Å². The van der Waals surface area contributed by atoms with Crippen LogP contribution in [-0.2, 0) is 48.0 Å². The second kappa shape index (κ2) is 17.7. The minimum absolute atomic E-state index is 0.00126. The minimum atomic E-state index is -5.16. The maximum atomic E-state index is 9.21. The van der Waals surface area contributed by atoms with E-state index in [0.29, 0.717) is 0 Å². The quantitative estimate of drug-likeness (QED) is 0.147. The van der Waals surface area contributed by atoms with E-state index in [1.54, 1.807) is 0 Å². The van der Waals surface area contributed by atoms with Crippen molar-refractivity contribution < 1.29 is 15.6 Å². The first kappa shape index (κ1) is 53.4. The normalized spacial score (nSPS) is 18.0. The fourth-order valence-corrected chi connectivity index (χ4v) is 42.8. The van der Waals surface area contributed by atoms with Gasteiger partial charge in [-0.2, -0.15) is 0 Å². The number of fused-ring (bicyclic) bond motifs is 2. The van der Waals surface area contributed by atoms with Gasteiger partial charge in [-0.3, -0.25) is 0 Å². The summed E-state index contributed by atoms with van der Waals surface area (Å²) < 4.78 is 0.0754. The van der Waals surface area contributed by atoms with Gasteiger partial charge < -0.3 is 0 Å². The van der Waals surface area contributed by atoms with E-state index in [-0.39, 0.29) is 39.7 Å². The first-order chi connectivity index (χ1) is 30.0. The predicted octanol–water partition coefficient (Wildman–Crippen LogP) is 20.0. The molecule has 0 saturated heterocycles. The van der Waals surface area contributed by atoms with Gasteiger partial charge in [0.1, 0.15) is 0 Å². The molecule has 0 aromatic heterocycles. The van der Waals surface area contributed by atoms with Crippen molar-refractivity contribution in [2.24, 2.45) is 0 Å². The third-order valence-electron chi connectivity index (χ3n) is 15.4. The van der Waals surface area contributed by atoms with Crippen molar-refractivity contribution in [2.45, 2.75) is 217 Å². The summed E-state index contributed by atoms with van der Waals surface area (Å²) in [5.74, 6) is -1.80. The van der Waals surface area contributed by atoms with Crippen LogP contribution in [0.3, 0.4) is 0 Å². The summed E-state index contributed by atoms with van der Waals surface area (Å²) in [5.41, 5.74) is 22.0. The van der Waals surface area contributed by atoms with Crippen molar-refractivity contribution in [3.63, 3.8) is 0 Å². The van der Waals surface area contributed by atoms with Crippen LogP contribution in [0.1, 0.15) is 227 Å². The van der Waals surface area contributed by atoms with Crippen LogP contribution >= 0.6 is 17.0 Å². The third kappa shape index (κ3) is 9.74. The van der Waals surface area contributed by atoms with Gasteiger partial charge in [-0.1, -0.05) is 0 Å². The summed E-state index contributed by atoms with van der Waals surface area (Å²) in [6, 6.07) is 24.9. The van der Waals surface area contributed by atoms with Crippen LogP contribution < -0.4 is 0 Å². The molecule has 4 heteroatoms. The van der Waals surface area contributed by atoms with Crippen LogP contribution in [0.5, 0.6) is 0 Å². The summed E-state index contributed by atoms with van der Waals surface area (Å²) >= 11 is -5.16. The number of benzene rings is 4. The van der Waals surface area contributed by atoms with Gasteiger partial charge in [-0.05, 0) is 0 Å². The van der Waals surface area contributed by atoms with Gasteiger partial charge >= 0.3 is 417 Å². The molecule has 2 unspecified atom stereocenters. The fraction of sp³-hybridized carbons (Fsp3) is 0.548. The molecular formula is C62H89Cl2SiZr. The van der Waals surface area contributed by atoms with Crippen LogP contribution in [0.15, 0.2) is 71.8 Å². The van der Waals surface area contributed by atoms with Crippen molar-refractivity contribution in [3.8, 4) is 22.3 Å². The second-order valence-electron chi connectivity index (χ2n) is 27.3. The SMILES string of the molecule is CCCC1=Cc2c(ccc(C(C)(C)C)c2-c2cc(C(C)(C)C)cc(C(C)(C)C)c2)[CH]1[Zr]([Cl])([Cl])([CH]1C(CCC)=Cc2c1ccc(C(C)(C)C)c2-c1cc(C(C)(C)C)cc(C(C)(C)C)c1)[SiH](C)C. The zero-order valence-electron chi connectivity index (χ0n) is 45.7. The summed E-state index contributed by atoms with van der Waals surface area (Å²) in [6.45, 7) is 52.3. The van der Waals surface area contributed by atoms with Crippen LogP contribution in [0, 0.1) is 0 Å². The van der Waals surface area contributed by atoms with Crippen molar-refractivity contribution in [1.82, 2.24) is 0 Å². The monoisotopic (exact) mass is 1020 g/mol. The molecule has 0 nitrogen and oxygen atoms in total. The third-order valence-corrected chi connectivity index (χ3v) is 67.2. The van der Waals surface area contributed by atoms with Crippen molar-refractivity contribution in [3.05, 3.63) is 127 Å². The first-order valence-electron chi connectivity index (χ1n) is 25.6. The molecular weight excluding hydrogens is 935 g/mol. The van der Waals surface area contributed by atoms with Crippen molar-refractivity contribution >= 4 is 35.1 Å². The van der Waals surface area contributed by atoms with E-state index in [1.165, 1.54) is 89.0 Å². The molecule has 0 N–H and O–H groups in total. The Balaban J connectivity index is 1.74. The van der Waals surface area contributed by atoms with Gasteiger partial charge in [0, 0.05) is 0 Å². The zero-order valence-corrected chi connectivity index (χ0v) is 50.9. The van der Waals surface area contributed by atoms with Gasteiger partial charge in [0.2, 0.25) is 0 Å². The van der Waals surface area contributed by atoms with Gasteiger partial charge in [-0.15, -0.1) is 0 Å². The summed E-state index contributed by atoms with van der Waals surface area (Å²) in [6.07, 6.45) is 9.34. The molecule has 4 aromatic carbocycles.